The summed E-state index contributed by atoms with van der Waals surface area (Å²) in [6.07, 6.45) is 0. The Labute approximate surface area is 139 Å². The lowest BCUT2D eigenvalue weighted by atomic mass is 10.1. The van der Waals surface area contributed by atoms with E-state index in [1.165, 1.54) is 0 Å². The van der Waals surface area contributed by atoms with Crippen LogP contribution in [0.15, 0.2) is 36.4 Å². The average Bonchev–Trinajstić information content (AvgIpc) is 2.51. The van der Waals surface area contributed by atoms with E-state index in [4.69, 9.17) is 16.3 Å². The van der Waals surface area contributed by atoms with E-state index in [-0.39, 0.29) is 0 Å². The van der Waals surface area contributed by atoms with E-state index < -0.39 is 11.8 Å². The number of carbonyl (C=O) groups is 2. The number of halogens is 1. The molecule has 23 heavy (non-hydrogen) atoms. The fraction of sp³-hybridized carbons (Fsp3) is 0.176. The topological polar surface area (TPSA) is 67.4 Å². The van der Waals surface area contributed by atoms with E-state index in [1.807, 2.05) is 19.9 Å². The fourth-order valence-electron chi connectivity index (χ4n) is 2.11. The number of aryl methyl sites for hydroxylation is 2. The quantitative estimate of drug-likeness (QED) is 0.845. The maximum Gasteiger partial charge on any atom is 0.314 e. The molecule has 2 aromatic rings. The third-order valence-electron chi connectivity index (χ3n) is 3.22. The van der Waals surface area contributed by atoms with E-state index in [2.05, 4.69) is 10.6 Å². The second-order valence-corrected chi connectivity index (χ2v) is 5.48. The lowest BCUT2D eigenvalue weighted by Gasteiger charge is -2.11. The van der Waals surface area contributed by atoms with Gasteiger partial charge in [0.1, 0.15) is 5.75 Å². The number of amides is 2. The van der Waals surface area contributed by atoms with E-state index in [0.717, 1.165) is 11.1 Å². The Balaban J connectivity index is 2.07. The molecular weight excluding hydrogens is 316 g/mol. The first-order valence-corrected chi connectivity index (χ1v) is 7.31. The van der Waals surface area contributed by atoms with Crippen LogP contribution in [0, 0.1) is 13.8 Å². The Kier molecular flexibility index (Phi) is 5.24. The lowest BCUT2D eigenvalue weighted by Crippen LogP contribution is -2.29. The van der Waals surface area contributed by atoms with Crippen molar-refractivity contribution in [3.05, 3.63) is 52.5 Å². The molecule has 2 amide bonds. The number of ether oxygens (including phenoxy) is 1. The van der Waals surface area contributed by atoms with Crippen molar-refractivity contribution in [3.63, 3.8) is 0 Å². The number of hydrogen-bond acceptors (Lipinski definition) is 3. The second kappa shape index (κ2) is 7.15. The Morgan fingerprint density at radius 2 is 1.61 bits per heavy atom. The van der Waals surface area contributed by atoms with Gasteiger partial charge in [0, 0.05) is 5.69 Å². The van der Waals surface area contributed by atoms with Crippen LogP contribution in [-0.4, -0.2) is 18.9 Å². The molecule has 0 atom stereocenters. The smallest absolute Gasteiger partial charge is 0.314 e. The van der Waals surface area contributed by atoms with Gasteiger partial charge in [-0.15, -0.1) is 0 Å². The first kappa shape index (κ1) is 16.8. The third-order valence-corrected chi connectivity index (χ3v) is 3.52. The number of methoxy groups -OCH3 is 1. The average molecular weight is 333 g/mol. The summed E-state index contributed by atoms with van der Waals surface area (Å²) in [4.78, 5) is 24.0. The van der Waals surface area contributed by atoms with Crippen LogP contribution >= 0.6 is 11.6 Å². The molecule has 0 saturated heterocycles. The van der Waals surface area contributed by atoms with Crippen LogP contribution in [0.4, 0.5) is 11.4 Å². The number of rotatable bonds is 3. The first-order valence-electron chi connectivity index (χ1n) is 6.94. The third kappa shape index (κ3) is 4.23. The summed E-state index contributed by atoms with van der Waals surface area (Å²) in [6.45, 7) is 3.72. The van der Waals surface area contributed by atoms with Crippen molar-refractivity contribution in [2.45, 2.75) is 13.8 Å². The van der Waals surface area contributed by atoms with Gasteiger partial charge < -0.3 is 15.4 Å². The molecule has 0 aliphatic heterocycles. The zero-order valence-corrected chi connectivity index (χ0v) is 13.8. The molecule has 0 aromatic heterocycles. The van der Waals surface area contributed by atoms with Gasteiger partial charge in [-0.3, -0.25) is 9.59 Å². The van der Waals surface area contributed by atoms with Crippen LogP contribution in [0.1, 0.15) is 11.1 Å². The van der Waals surface area contributed by atoms with Gasteiger partial charge in [-0.1, -0.05) is 17.7 Å². The summed E-state index contributed by atoms with van der Waals surface area (Å²) in [5.74, 6) is -0.893. The summed E-state index contributed by atoms with van der Waals surface area (Å²) in [6, 6.07) is 10.3. The molecule has 2 N–H and O–H groups in total. The number of benzene rings is 2. The number of carbonyl (C=O) groups excluding carboxylic acids is 2. The molecular formula is C17H17ClN2O3. The van der Waals surface area contributed by atoms with Gasteiger partial charge in [0.25, 0.3) is 0 Å². The summed E-state index contributed by atoms with van der Waals surface area (Å²) >= 11 is 6.12. The SMILES string of the molecule is COc1ccc(NC(=O)C(=O)Nc2c(C)cc(C)cc2Cl)cc1. The predicted octanol–water partition coefficient (Wildman–Crippen LogP) is 3.54. The largest absolute Gasteiger partial charge is 0.497 e. The predicted molar refractivity (Wildman–Crippen MR) is 91.2 cm³/mol. The Morgan fingerprint density at radius 1 is 1.00 bits per heavy atom. The maximum absolute atomic E-state index is 12.0. The van der Waals surface area contributed by atoms with Crippen LogP contribution in [0.25, 0.3) is 0 Å². The minimum atomic E-state index is -0.783. The van der Waals surface area contributed by atoms with Gasteiger partial charge in [0.2, 0.25) is 0 Å². The van der Waals surface area contributed by atoms with Gasteiger partial charge in [0.15, 0.2) is 0 Å². The normalized spacial score (nSPS) is 10.1. The molecule has 6 heteroatoms. The second-order valence-electron chi connectivity index (χ2n) is 5.08. The van der Waals surface area contributed by atoms with Crippen molar-refractivity contribution >= 4 is 34.8 Å². The van der Waals surface area contributed by atoms with Crippen molar-refractivity contribution in [2.24, 2.45) is 0 Å². The van der Waals surface area contributed by atoms with E-state index in [9.17, 15) is 9.59 Å². The van der Waals surface area contributed by atoms with Gasteiger partial charge in [0.05, 0.1) is 17.8 Å². The molecule has 0 radical (unpaired) electrons. The van der Waals surface area contributed by atoms with E-state index in [1.54, 1.807) is 37.4 Å². The zero-order chi connectivity index (χ0) is 17.0. The van der Waals surface area contributed by atoms with Crippen molar-refractivity contribution in [2.75, 3.05) is 17.7 Å². The van der Waals surface area contributed by atoms with Gasteiger partial charge >= 0.3 is 11.8 Å². The van der Waals surface area contributed by atoms with Gasteiger partial charge in [-0.05, 0) is 55.3 Å². The summed E-state index contributed by atoms with van der Waals surface area (Å²) in [5.41, 5.74) is 2.71. The molecule has 2 rings (SSSR count). The van der Waals surface area contributed by atoms with E-state index >= 15 is 0 Å². The molecule has 0 heterocycles. The monoisotopic (exact) mass is 332 g/mol. The number of nitrogens with one attached hydrogen (secondary N) is 2. The molecule has 5 nitrogen and oxygen atoms in total. The van der Waals surface area contributed by atoms with Gasteiger partial charge in [-0.25, -0.2) is 0 Å². The van der Waals surface area contributed by atoms with Crippen LogP contribution in [0.5, 0.6) is 5.75 Å². The Morgan fingerprint density at radius 3 is 2.17 bits per heavy atom. The highest BCUT2D eigenvalue weighted by Crippen LogP contribution is 2.27. The Bertz CT molecular complexity index is 719. The molecule has 0 aliphatic carbocycles. The number of anilines is 2. The fourth-order valence-corrected chi connectivity index (χ4v) is 2.47. The van der Waals surface area contributed by atoms with Crippen LogP contribution in [-0.2, 0) is 9.59 Å². The van der Waals surface area contributed by atoms with Crippen molar-refractivity contribution < 1.29 is 14.3 Å². The number of hydrogen-bond donors (Lipinski definition) is 2. The van der Waals surface area contributed by atoms with Crippen molar-refractivity contribution in [1.82, 2.24) is 0 Å². The molecule has 0 aliphatic rings. The maximum atomic E-state index is 12.0. The minimum Gasteiger partial charge on any atom is -0.497 e. The zero-order valence-electron chi connectivity index (χ0n) is 13.1. The molecule has 0 saturated carbocycles. The highest BCUT2D eigenvalue weighted by Gasteiger charge is 2.17. The first-order chi connectivity index (χ1) is 10.9. The van der Waals surface area contributed by atoms with Gasteiger partial charge in [-0.2, -0.15) is 0 Å². The molecule has 0 bridgehead atoms. The standard InChI is InChI=1S/C17H17ClN2O3/c1-10-8-11(2)15(14(18)9-10)20-17(22)16(21)19-12-4-6-13(23-3)7-5-12/h4-9H,1-3H3,(H,19,21)(H,20,22). The summed E-state index contributed by atoms with van der Waals surface area (Å²) in [5, 5.41) is 5.45. The molecule has 0 unspecified atom stereocenters. The Hall–Kier alpha value is -2.53. The molecule has 120 valence electrons. The van der Waals surface area contributed by atoms with Crippen LogP contribution in [0.3, 0.4) is 0 Å². The highest BCUT2D eigenvalue weighted by molar-refractivity contribution is 6.45. The lowest BCUT2D eigenvalue weighted by molar-refractivity contribution is -0.133. The molecule has 0 fully saturated rings. The summed E-state index contributed by atoms with van der Waals surface area (Å²) in [7, 11) is 1.55. The van der Waals surface area contributed by atoms with E-state index in [0.29, 0.717) is 22.1 Å². The molecule has 2 aromatic carbocycles. The minimum absolute atomic E-state index is 0.396. The highest BCUT2D eigenvalue weighted by atomic mass is 35.5. The van der Waals surface area contributed by atoms with Crippen molar-refractivity contribution in [3.8, 4) is 5.75 Å². The van der Waals surface area contributed by atoms with Crippen LogP contribution < -0.4 is 15.4 Å². The van der Waals surface area contributed by atoms with Crippen LogP contribution in [0.2, 0.25) is 5.02 Å². The molecule has 0 spiro atoms. The van der Waals surface area contributed by atoms with Crippen molar-refractivity contribution in [1.29, 1.82) is 0 Å². The summed E-state index contributed by atoms with van der Waals surface area (Å²) < 4.78 is 5.03.